The van der Waals surface area contributed by atoms with Crippen molar-refractivity contribution < 1.29 is 4.74 Å². The van der Waals surface area contributed by atoms with E-state index in [2.05, 4.69) is 4.90 Å². The van der Waals surface area contributed by atoms with E-state index >= 15 is 0 Å². The van der Waals surface area contributed by atoms with Crippen molar-refractivity contribution in [2.45, 2.75) is 57.0 Å². The van der Waals surface area contributed by atoms with Crippen molar-refractivity contribution in [2.24, 2.45) is 11.7 Å². The molecular weight excluding hydrogens is 212 g/mol. The second-order valence-corrected chi connectivity index (χ2v) is 5.66. The molecular formula is C14H28N2O. The summed E-state index contributed by atoms with van der Waals surface area (Å²) in [5.41, 5.74) is 6.06. The quantitative estimate of drug-likeness (QED) is 0.740. The van der Waals surface area contributed by atoms with E-state index in [1.165, 1.54) is 44.9 Å². The van der Waals surface area contributed by atoms with Crippen LogP contribution in [0.15, 0.2) is 0 Å². The summed E-state index contributed by atoms with van der Waals surface area (Å²) in [6.07, 6.45) is 9.75. The molecule has 3 heteroatoms. The summed E-state index contributed by atoms with van der Waals surface area (Å²) < 4.78 is 5.25. The molecule has 0 aromatic heterocycles. The SMILES string of the molecule is COCCN(C1CC1)C(CN)C1CCCCC1. The molecule has 2 aliphatic rings. The lowest BCUT2D eigenvalue weighted by Gasteiger charge is -2.38. The summed E-state index contributed by atoms with van der Waals surface area (Å²) >= 11 is 0. The van der Waals surface area contributed by atoms with Gasteiger partial charge in [-0.1, -0.05) is 19.3 Å². The van der Waals surface area contributed by atoms with E-state index in [1.807, 2.05) is 0 Å². The van der Waals surface area contributed by atoms with Crippen LogP contribution in [0.25, 0.3) is 0 Å². The molecule has 1 unspecified atom stereocenters. The largest absolute Gasteiger partial charge is 0.383 e. The van der Waals surface area contributed by atoms with Gasteiger partial charge in [-0.05, 0) is 31.6 Å². The van der Waals surface area contributed by atoms with Gasteiger partial charge < -0.3 is 10.5 Å². The van der Waals surface area contributed by atoms with E-state index in [0.717, 1.165) is 31.7 Å². The highest BCUT2D eigenvalue weighted by Gasteiger charge is 2.36. The molecule has 0 saturated heterocycles. The third-order valence-corrected chi connectivity index (χ3v) is 4.43. The van der Waals surface area contributed by atoms with Crippen LogP contribution in [0, 0.1) is 5.92 Å². The van der Waals surface area contributed by atoms with E-state index in [-0.39, 0.29) is 0 Å². The first kappa shape index (κ1) is 13.3. The Morgan fingerprint density at radius 2 is 1.88 bits per heavy atom. The third kappa shape index (κ3) is 3.67. The standard InChI is InChI=1S/C14H28N2O/c1-17-10-9-16(13-7-8-13)14(11-15)12-5-3-2-4-6-12/h12-14H,2-11,15H2,1H3. The Morgan fingerprint density at radius 3 is 2.41 bits per heavy atom. The average molecular weight is 240 g/mol. The molecule has 1 atom stereocenters. The lowest BCUT2D eigenvalue weighted by Crippen LogP contribution is -2.48. The first-order valence-corrected chi connectivity index (χ1v) is 7.31. The molecule has 2 saturated carbocycles. The van der Waals surface area contributed by atoms with Crippen molar-refractivity contribution in [1.29, 1.82) is 0 Å². The number of methoxy groups -OCH3 is 1. The van der Waals surface area contributed by atoms with Crippen LogP contribution in [0.3, 0.4) is 0 Å². The molecule has 0 radical (unpaired) electrons. The third-order valence-electron chi connectivity index (χ3n) is 4.43. The molecule has 0 amide bonds. The second kappa shape index (κ2) is 6.72. The minimum atomic E-state index is 0.609. The van der Waals surface area contributed by atoms with Crippen LogP contribution < -0.4 is 5.73 Å². The molecule has 17 heavy (non-hydrogen) atoms. The highest BCUT2D eigenvalue weighted by atomic mass is 16.5. The second-order valence-electron chi connectivity index (χ2n) is 5.66. The highest BCUT2D eigenvalue weighted by Crippen LogP contribution is 2.34. The van der Waals surface area contributed by atoms with Crippen molar-refractivity contribution in [1.82, 2.24) is 4.90 Å². The maximum absolute atomic E-state index is 6.06. The van der Waals surface area contributed by atoms with Gasteiger partial charge in [-0.3, -0.25) is 4.90 Å². The molecule has 2 fully saturated rings. The molecule has 100 valence electrons. The zero-order valence-corrected chi connectivity index (χ0v) is 11.2. The molecule has 0 aliphatic heterocycles. The molecule has 2 aliphatic carbocycles. The van der Waals surface area contributed by atoms with Gasteiger partial charge >= 0.3 is 0 Å². The zero-order chi connectivity index (χ0) is 12.1. The first-order chi connectivity index (χ1) is 8.36. The summed E-state index contributed by atoms with van der Waals surface area (Å²) in [7, 11) is 1.79. The van der Waals surface area contributed by atoms with E-state index < -0.39 is 0 Å². The molecule has 0 spiro atoms. The van der Waals surface area contributed by atoms with E-state index in [4.69, 9.17) is 10.5 Å². The Hall–Kier alpha value is -0.120. The van der Waals surface area contributed by atoms with Gasteiger partial charge in [0.1, 0.15) is 0 Å². The van der Waals surface area contributed by atoms with Gasteiger partial charge in [0.2, 0.25) is 0 Å². The number of ether oxygens (including phenoxy) is 1. The Labute approximate surface area is 106 Å². The van der Waals surface area contributed by atoms with E-state index in [0.29, 0.717) is 6.04 Å². The molecule has 0 bridgehead atoms. The predicted octanol–water partition coefficient (Wildman–Crippen LogP) is 2.00. The molecule has 2 N–H and O–H groups in total. The Bertz CT molecular complexity index is 212. The first-order valence-electron chi connectivity index (χ1n) is 7.31. The maximum Gasteiger partial charge on any atom is 0.0589 e. The van der Waals surface area contributed by atoms with Gasteiger partial charge in [0.15, 0.2) is 0 Å². The molecule has 0 heterocycles. The fourth-order valence-corrected chi connectivity index (χ4v) is 3.34. The topological polar surface area (TPSA) is 38.5 Å². The molecule has 0 aromatic carbocycles. The molecule has 0 aromatic rings. The van der Waals surface area contributed by atoms with E-state index in [9.17, 15) is 0 Å². The summed E-state index contributed by atoms with van der Waals surface area (Å²) in [5, 5.41) is 0. The summed E-state index contributed by atoms with van der Waals surface area (Å²) in [6, 6.07) is 1.42. The van der Waals surface area contributed by atoms with Crippen LogP contribution in [0.5, 0.6) is 0 Å². The van der Waals surface area contributed by atoms with Crippen LogP contribution in [-0.2, 0) is 4.74 Å². The number of hydrogen-bond donors (Lipinski definition) is 1. The van der Waals surface area contributed by atoms with Gasteiger partial charge in [0.25, 0.3) is 0 Å². The minimum absolute atomic E-state index is 0.609. The van der Waals surface area contributed by atoms with Crippen LogP contribution in [0.4, 0.5) is 0 Å². The number of hydrogen-bond acceptors (Lipinski definition) is 3. The fraction of sp³-hybridized carbons (Fsp3) is 1.00. The monoisotopic (exact) mass is 240 g/mol. The zero-order valence-electron chi connectivity index (χ0n) is 11.2. The van der Waals surface area contributed by atoms with Crippen LogP contribution in [-0.4, -0.2) is 43.8 Å². The normalized spacial score (nSPS) is 24.2. The average Bonchev–Trinajstić information content (AvgIpc) is 3.20. The van der Waals surface area contributed by atoms with Crippen molar-refractivity contribution in [3.63, 3.8) is 0 Å². The Morgan fingerprint density at radius 1 is 1.18 bits per heavy atom. The van der Waals surface area contributed by atoms with Crippen molar-refractivity contribution in [2.75, 3.05) is 26.8 Å². The van der Waals surface area contributed by atoms with Crippen molar-refractivity contribution in [3.8, 4) is 0 Å². The van der Waals surface area contributed by atoms with E-state index in [1.54, 1.807) is 7.11 Å². The molecule has 3 nitrogen and oxygen atoms in total. The number of rotatable bonds is 7. The summed E-state index contributed by atoms with van der Waals surface area (Å²) in [5.74, 6) is 0.839. The molecule has 2 rings (SSSR count). The van der Waals surface area contributed by atoms with Gasteiger partial charge in [-0.2, -0.15) is 0 Å². The van der Waals surface area contributed by atoms with Gasteiger partial charge in [0, 0.05) is 32.3 Å². The fourth-order valence-electron chi connectivity index (χ4n) is 3.34. The van der Waals surface area contributed by atoms with Gasteiger partial charge in [-0.25, -0.2) is 0 Å². The lowest BCUT2D eigenvalue weighted by atomic mass is 9.83. The van der Waals surface area contributed by atoms with Crippen molar-refractivity contribution >= 4 is 0 Å². The summed E-state index contributed by atoms with van der Waals surface area (Å²) in [4.78, 5) is 2.65. The van der Waals surface area contributed by atoms with Crippen molar-refractivity contribution in [3.05, 3.63) is 0 Å². The lowest BCUT2D eigenvalue weighted by molar-refractivity contribution is 0.0778. The van der Waals surface area contributed by atoms with Gasteiger partial charge in [-0.15, -0.1) is 0 Å². The van der Waals surface area contributed by atoms with Gasteiger partial charge in [0.05, 0.1) is 6.61 Å². The van der Waals surface area contributed by atoms with Crippen LogP contribution in [0.2, 0.25) is 0 Å². The van der Waals surface area contributed by atoms with Crippen LogP contribution in [0.1, 0.15) is 44.9 Å². The number of nitrogens with zero attached hydrogens (tertiary/aromatic N) is 1. The van der Waals surface area contributed by atoms with Crippen LogP contribution >= 0.6 is 0 Å². The Kier molecular flexibility index (Phi) is 5.26. The summed E-state index contributed by atoms with van der Waals surface area (Å²) in [6.45, 7) is 2.74. The Balaban J connectivity index is 1.91. The highest BCUT2D eigenvalue weighted by molar-refractivity contribution is 4.92. The number of nitrogens with two attached hydrogens (primary N) is 1. The smallest absolute Gasteiger partial charge is 0.0589 e. The minimum Gasteiger partial charge on any atom is -0.383 e. The maximum atomic E-state index is 6.06. The predicted molar refractivity (Wildman–Crippen MR) is 71.0 cm³/mol.